The number of halogens is 1. The minimum absolute atomic E-state index is 0.241. The van der Waals surface area contributed by atoms with Crippen LogP contribution in [-0.2, 0) is 13.1 Å². The SMILES string of the molecule is O=[N+]([O-])c1cccc(CNCc2cncs2)c1F. The summed E-state index contributed by atoms with van der Waals surface area (Å²) in [7, 11) is 0. The Labute approximate surface area is 106 Å². The van der Waals surface area contributed by atoms with Gasteiger partial charge in [0, 0.05) is 35.8 Å². The van der Waals surface area contributed by atoms with Crippen LogP contribution in [-0.4, -0.2) is 9.91 Å². The molecule has 0 fully saturated rings. The number of thiazole rings is 1. The summed E-state index contributed by atoms with van der Waals surface area (Å²) in [5.74, 6) is -0.778. The molecule has 2 aromatic rings. The molecule has 0 aliphatic carbocycles. The summed E-state index contributed by atoms with van der Waals surface area (Å²) < 4.78 is 13.7. The molecular weight excluding hydrogens is 257 g/mol. The highest BCUT2D eigenvalue weighted by molar-refractivity contribution is 7.09. The molecule has 18 heavy (non-hydrogen) atoms. The molecule has 94 valence electrons. The molecule has 0 saturated heterocycles. The van der Waals surface area contributed by atoms with E-state index in [9.17, 15) is 14.5 Å². The van der Waals surface area contributed by atoms with Crippen LogP contribution in [0.25, 0.3) is 0 Å². The minimum atomic E-state index is -0.778. The van der Waals surface area contributed by atoms with E-state index in [4.69, 9.17) is 0 Å². The third-order valence-electron chi connectivity index (χ3n) is 2.35. The van der Waals surface area contributed by atoms with Gasteiger partial charge in [0.1, 0.15) is 0 Å². The van der Waals surface area contributed by atoms with Crippen molar-refractivity contribution in [1.29, 1.82) is 0 Å². The monoisotopic (exact) mass is 267 g/mol. The molecule has 0 amide bonds. The first-order chi connectivity index (χ1) is 8.68. The van der Waals surface area contributed by atoms with E-state index in [1.807, 2.05) is 0 Å². The van der Waals surface area contributed by atoms with Crippen LogP contribution in [0, 0.1) is 15.9 Å². The van der Waals surface area contributed by atoms with Crippen LogP contribution >= 0.6 is 11.3 Å². The van der Waals surface area contributed by atoms with E-state index in [0.29, 0.717) is 6.54 Å². The van der Waals surface area contributed by atoms with Crippen molar-refractivity contribution >= 4 is 17.0 Å². The second-order valence-electron chi connectivity index (χ2n) is 3.58. The topological polar surface area (TPSA) is 68.1 Å². The summed E-state index contributed by atoms with van der Waals surface area (Å²) in [5.41, 5.74) is 1.51. The molecular formula is C11H10FN3O2S. The minimum Gasteiger partial charge on any atom is -0.308 e. The maximum atomic E-state index is 13.7. The normalized spacial score (nSPS) is 10.5. The third-order valence-corrected chi connectivity index (χ3v) is 3.13. The van der Waals surface area contributed by atoms with Crippen LogP contribution < -0.4 is 5.32 Å². The quantitative estimate of drug-likeness (QED) is 0.667. The van der Waals surface area contributed by atoms with Crippen molar-refractivity contribution in [3.8, 4) is 0 Å². The predicted molar refractivity (Wildman–Crippen MR) is 65.7 cm³/mol. The smallest absolute Gasteiger partial charge is 0.305 e. The van der Waals surface area contributed by atoms with Crippen molar-refractivity contribution in [3.63, 3.8) is 0 Å². The van der Waals surface area contributed by atoms with E-state index in [0.717, 1.165) is 10.9 Å². The zero-order valence-electron chi connectivity index (χ0n) is 9.30. The summed E-state index contributed by atoms with van der Waals surface area (Å²) in [6.07, 6.45) is 1.72. The van der Waals surface area contributed by atoms with Crippen molar-refractivity contribution in [3.05, 3.63) is 56.3 Å². The fourth-order valence-corrected chi connectivity index (χ4v) is 2.06. The highest BCUT2D eigenvalue weighted by atomic mass is 32.1. The van der Waals surface area contributed by atoms with Gasteiger partial charge in [-0.15, -0.1) is 11.3 Å². The van der Waals surface area contributed by atoms with Gasteiger partial charge in [0.25, 0.3) is 0 Å². The van der Waals surface area contributed by atoms with Gasteiger partial charge >= 0.3 is 5.69 Å². The lowest BCUT2D eigenvalue weighted by molar-refractivity contribution is -0.387. The second kappa shape index (κ2) is 5.65. The molecule has 0 spiro atoms. The van der Waals surface area contributed by atoms with Gasteiger partial charge in [-0.05, 0) is 0 Å². The first-order valence-corrected chi connectivity index (χ1v) is 6.06. The van der Waals surface area contributed by atoms with Crippen LogP contribution in [0.15, 0.2) is 29.9 Å². The molecule has 0 atom stereocenters. The maximum Gasteiger partial charge on any atom is 0.305 e. The number of hydrogen-bond donors (Lipinski definition) is 1. The van der Waals surface area contributed by atoms with E-state index in [1.54, 1.807) is 11.7 Å². The van der Waals surface area contributed by atoms with Gasteiger partial charge in [0.2, 0.25) is 5.82 Å². The van der Waals surface area contributed by atoms with Gasteiger partial charge in [-0.2, -0.15) is 4.39 Å². The van der Waals surface area contributed by atoms with Crippen molar-refractivity contribution < 1.29 is 9.31 Å². The zero-order valence-corrected chi connectivity index (χ0v) is 10.1. The number of nitrogens with one attached hydrogen (secondary N) is 1. The third kappa shape index (κ3) is 2.88. The summed E-state index contributed by atoms with van der Waals surface area (Å²) in [5, 5.41) is 13.6. The molecule has 7 heteroatoms. The number of benzene rings is 1. The van der Waals surface area contributed by atoms with Gasteiger partial charge in [0.05, 0.1) is 10.4 Å². The van der Waals surface area contributed by atoms with Crippen LogP contribution in [0.5, 0.6) is 0 Å². The van der Waals surface area contributed by atoms with E-state index in [-0.39, 0.29) is 12.1 Å². The molecule has 0 unspecified atom stereocenters. The lowest BCUT2D eigenvalue weighted by Crippen LogP contribution is -2.13. The average Bonchev–Trinajstić information content (AvgIpc) is 2.84. The van der Waals surface area contributed by atoms with Crippen LogP contribution in [0.3, 0.4) is 0 Å². The highest BCUT2D eigenvalue weighted by Gasteiger charge is 2.16. The summed E-state index contributed by atoms with van der Waals surface area (Å²) in [4.78, 5) is 14.8. The lowest BCUT2D eigenvalue weighted by atomic mass is 10.2. The fourth-order valence-electron chi connectivity index (χ4n) is 1.49. The van der Waals surface area contributed by atoms with Gasteiger partial charge in [-0.1, -0.05) is 12.1 Å². The number of nitrogens with zero attached hydrogens (tertiary/aromatic N) is 2. The largest absolute Gasteiger partial charge is 0.308 e. The van der Waals surface area contributed by atoms with E-state index < -0.39 is 16.4 Å². The van der Waals surface area contributed by atoms with Gasteiger partial charge in [-0.3, -0.25) is 15.1 Å². The zero-order chi connectivity index (χ0) is 13.0. The van der Waals surface area contributed by atoms with Crippen molar-refractivity contribution in [2.24, 2.45) is 0 Å². The average molecular weight is 267 g/mol. The number of nitro groups is 1. The number of hydrogen-bond acceptors (Lipinski definition) is 5. The maximum absolute atomic E-state index is 13.7. The molecule has 2 rings (SSSR count). The Morgan fingerprint density at radius 3 is 2.94 bits per heavy atom. The van der Waals surface area contributed by atoms with E-state index in [1.165, 1.54) is 23.5 Å². The predicted octanol–water partition coefficient (Wildman–Crippen LogP) is 2.48. The lowest BCUT2D eigenvalue weighted by Gasteiger charge is -2.04. The molecule has 0 aliphatic heterocycles. The summed E-state index contributed by atoms with van der Waals surface area (Å²) in [6, 6.07) is 4.16. The van der Waals surface area contributed by atoms with Crippen molar-refractivity contribution in [2.45, 2.75) is 13.1 Å². The Balaban J connectivity index is 2.01. The summed E-state index contributed by atoms with van der Waals surface area (Å²) >= 11 is 1.49. The molecule has 0 saturated carbocycles. The Morgan fingerprint density at radius 1 is 1.44 bits per heavy atom. The Kier molecular flexibility index (Phi) is 3.96. The first kappa shape index (κ1) is 12.6. The molecule has 1 N–H and O–H groups in total. The number of aromatic nitrogens is 1. The summed E-state index contributed by atoms with van der Waals surface area (Å²) in [6.45, 7) is 0.804. The van der Waals surface area contributed by atoms with Gasteiger partial charge < -0.3 is 5.32 Å². The van der Waals surface area contributed by atoms with Gasteiger partial charge in [0.15, 0.2) is 0 Å². The Morgan fingerprint density at radius 2 is 2.28 bits per heavy atom. The Bertz CT molecular complexity index is 545. The molecule has 0 aliphatic rings. The molecule has 1 heterocycles. The van der Waals surface area contributed by atoms with Crippen molar-refractivity contribution in [1.82, 2.24) is 10.3 Å². The first-order valence-electron chi connectivity index (χ1n) is 5.18. The van der Waals surface area contributed by atoms with Gasteiger partial charge in [-0.25, -0.2) is 0 Å². The van der Waals surface area contributed by atoms with Crippen LogP contribution in [0.4, 0.5) is 10.1 Å². The number of rotatable bonds is 5. The second-order valence-corrected chi connectivity index (χ2v) is 4.55. The molecule has 1 aromatic carbocycles. The fraction of sp³-hybridized carbons (Fsp3) is 0.182. The van der Waals surface area contributed by atoms with E-state index in [2.05, 4.69) is 10.3 Å². The van der Waals surface area contributed by atoms with Crippen LogP contribution in [0.2, 0.25) is 0 Å². The van der Waals surface area contributed by atoms with Crippen molar-refractivity contribution in [2.75, 3.05) is 0 Å². The van der Waals surface area contributed by atoms with Crippen LogP contribution in [0.1, 0.15) is 10.4 Å². The molecule has 0 bridgehead atoms. The molecule has 0 radical (unpaired) electrons. The molecule has 1 aromatic heterocycles. The number of nitro benzene ring substituents is 1. The Hall–Kier alpha value is -1.86. The standard InChI is InChI=1S/C11H10FN3O2S/c12-11-8(2-1-3-10(11)15(16)17)4-13-5-9-6-14-7-18-9/h1-3,6-7,13H,4-5H2. The highest BCUT2D eigenvalue weighted by Crippen LogP contribution is 2.20. The molecule has 5 nitrogen and oxygen atoms in total. The van der Waals surface area contributed by atoms with E-state index >= 15 is 0 Å².